The van der Waals surface area contributed by atoms with Crippen LogP contribution in [-0.4, -0.2) is 29.3 Å². The zero-order chi connectivity index (χ0) is 23.6. The van der Waals surface area contributed by atoms with Gasteiger partial charge in [-0.2, -0.15) is 13.2 Å². The van der Waals surface area contributed by atoms with Crippen molar-refractivity contribution in [2.75, 3.05) is 6.61 Å². The van der Waals surface area contributed by atoms with E-state index in [1.54, 1.807) is 0 Å². The number of rotatable bonds is 6. The van der Waals surface area contributed by atoms with Gasteiger partial charge in [0.1, 0.15) is 6.61 Å². The maximum absolute atomic E-state index is 12.5. The van der Waals surface area contributed by atoms with Crippen LogP contribution in [0.3, 0.4) is 0 Å². The van der Waals surface area contributed by atoms with Gasteiger partial charge in [0.25, 0.3) is 0 Å². The molecule has 1 atom stereocenters. The van der Waals surface area contributed by atoms with Crippen LogP contribution in [0.4, 0.5) is 18.0 Å². The second-order valence-electron chi connectivity index (χ2n) is 7.36. The Morgan fingerprint density at radius 2 is 1.48 bits per heavy atom. The molecule has 4 rings (SSSR count). The lowest BCUT2D eigenvalue weighted by atomic mass is 9.98. The van der Waals surface area contributed by atoms with Gasteiger partial charge >= 0.3 is 17.6 Å². The highest BCUT2D eigenvalue weighted by atomic mass is 32.2. The number of hydrogen-bond acceptors (Lipinski definition) is 4. The summed E-state index contributed by atoms with van der Waals surface area (Å²) in [5, 5.41) is 11.8. The SMILES string of the molecule is O=C(NC(C(=O)O)c1ccc(SC(F)(F)F)cc1)OCC1c2ccccc2-c2ccccc21. The van der Waals surface area contributed by atoms with Crippen molar-refractivity contribution in [2.45, 2.75) is 22.4 Å². The maximum Gasteiger partial charge on any atom is 0.446 e. The lowest BCUT2D eigenvalue weighted by Crippen LogP contribution is -2.34. The molecule has 170 valence electrons. The van der Waals surface area contributed by atoms with Gasteiger partial charge in [0.2, 0.25) is 0 Å². The molecule has 1 amide bonds. The largest absolute Gasteiger partial charge is 0.479 e. The van der Waals surface area contributed by atoms with E-state index >= 15 is 0 Å². The fourth-order valence-electron chi connectivity index (χ4n) is 3.91. The molecule has 0 saturated heterocycles. The van der Waals surface area contributed by atoms with Crippen molar-refractivity contribution in [1.82, 2.24) is 5.32 Å². The third-order valence-electron chi connectivity index (χ3n) is 5.30. The molecule has 5 nitrogen and oxygen atoms in total. The summed E-state index contributed by atoms with van der Waals surface area (Å²) >= 11 is -0.305. The minimum Gasteiger partial charge on any atom is -0.479 e. The van der Waals surface area contributed by atoms with Crippen molar-refractivity contribution in [3.63, 3.8) is 0 Å². The van der Waals surface area contributed by atoms with E-state index in [9.17, 15) is 27.9 Å². The molecule has 3 aromatic carbocycles. The van der Waals surface area contributed by atoms with E-state index < -0.39 is 23.6 Å². The Bertz CT molecular complexity index is 1140. The van der Waals surface area contributed by atoms with Crippen LogP contribution in [0.1, 0.15) is 28.7 Å². The Morgan fingerprint density at radius 3 is 2.00 bits per heavy atom. The summed E-state index contributed by atoms with van der Waals surface area (Å²) in [6.07, 6.45) is -0.932. The summed E-state index contributed by atoms with van der Waals surface area (Å²) < 4.78 is 42.8. The molecule has 3 aromatic rings. The number of benzene rings is 3. The fourth-order valence-corrected chi connectivity index (χ4v) is 4.45. The first-order valence-corrected chi connectivity index (χ1v) is 10.7. The summed E-state index contributed by atoms with van der Waals surface area (Å²) in [6, 6.07) is 18.9. The van der Waals surface area contributed by atoms with E-state index in [-0.39, 0.29) is 34.7 Å². The topological polar surface area (TPSA) is 75.6 Å². The van der Waals surface area contributed by atoms with Gasteiger partial charge in [-0.05, 0) is 51.7 Å². The molecule has 0 radical (unpaired) electrons. The van der Waals surface area contributed by atoms with Gasteiger partial charge < -0.3 is 15.2 Å². The number of carbonyl (C=O) groups is 2. The van der Waals surface area contributed by atoms with Crippen molar-refractivity contribution in [3.8, 4) is 11.1 Å². The zero-order valence-corrected chi connectivity index (χ0v) is 17.8. The molecule has 0 fully saturated rings. The predicted molar refractivity (Wildman–Crippen MR) is 117 cm³/mol. The van der Waals surface area contributed by atoms with E-state index in [1.807, 2.05) is 48.5 Å². The summed E-state index contributed by atoms with van der Waals surface area (Å²) in [5.74, 6) is -1.55. The third kappa shape index (κ3) is 5.14. The molecule has 0 bridgehead atoms. The third-order valence-corrected chi connectivity index (χ3v) is 6.04. The summed E-state index contributed by atoms with van der Waals surface area (Å²) in [4.78, 5) is 24.0. The van der Waals surface area contributed by atoms with Gasteiger partial charge in [0.15, 0.2) is 6.04 Å². The number of alkyl carbamates (subject to hydrolysis) is 1. The molecular formula is C24H18F3NO4S. The predicted octanol–water partition coefficient (Wildman–Crippen LogP) is 5.96. The number of alkyl halides is 3. The number of carboxylic acids is 1. The number of aliphatic carboxylic acids is 1. The number of hydrogen-bond donors (Lipinski definition) is 2. The van der Waals surface area contributed by atoms with Gasteiger partial charge in [-0.3, -0.25) is 0 Å². The lowest BCUT2D eigenvalue weighted by Gasteiger charge is -2.18. The maximum atomic E-state index is 12.5. The minimum absolute atomic E-state index is 0.00730. The van der Waals surface area contributed by atoms with Crippen molar-refractivity contribution < 1.29 is 32.6 Å². The number of carbonyl (C=O) groups excluding carboxylic acids is 1. The van der Waals surface area contributed by atoms with E-state index in [0.717, 1.165) is 34.4 Å². The number of ether oxygens (including phenoxy) is 1. The van der Waals surface area contributed by atoms with Crippen LogP contribution in [0.25, 0.3) is 11.1 Å². The number of nitrogens with one attached hydrogen (secondary N) is 1. The number of fused-ring (bicyclic) bond motifs is 3. The number of amides is 1. The van der Waals surface area contributed by atoms with E-state index in [0.29, 0.717) is 0 Å². The molecule has 1 aliphatic rings. The van der Waals surface area contributed by atoms with Gasteiger partial charge in [0, 0.05) is 10.8 Å². The standard InChI is InChI=1S/C24H18F3NO4S/c25-24(26,27)33-15-11-9-14(10-12-15)21(22(29)30)28-23(31)32-13-20-18-7-3-1-5-16(18)17-6-2-4-8-19(17)20/h1-12,20-21H,13H2,(H,28,31)(H,29,30). The smallest absolute Gasteiger partial charge is 0.446 e. The molecule has 1 unspecified atom stereocenters. The van der Waals surface area contributed by atoms with Crippen molar-refractivity contribution in [2.24, 2.45) is 0 Å². The van der Waals surface area contributed by atoms with Crippen LogP contribution in [0.2, 0.25) is 0 Å². The summed E-state index contributed by atoms with van der Waals surface area (Å²) in [6.45, 7) is 0.00730. The highest BCUT2D eigenvalue weighted by Gasteiger charge is 2.31. The molecule has 0 aliphatic heterocycles. The average Bonchev–Trinajstić information content (AvgIpc) is 3.09. The van der Waals surface area contributed by atoms with Gasteiger partial charge in [-0.15, -0.1) is 0 Å². The van der Waals surface area contributed by atoms with Crippen LogP contribution in [0.15, 0.2) is 77.7 Å². The first-order valence-electron chi connectivity index (χ1n) is 9.93. The van der Waals surface area contributed by atoms with Crippen molar-refractivity contribution >= 4 is 23.8 Å². The molecule has 0 spiro atoms. The second-order valence-corrected chi connectivity index (χ2v) is 8.50. The zero-order valence-electron chi connectivity index (χ0n) is 17.0. The fraction of sp³-hybridized carbons (Fsp3) is 0.167. The lowest BCUT2D eigenvalue weighted by molar-refractivity contribution is -0.139. The van der Waals surface area contributed by atoms with Gasteiger partial charge in [-0.25, -0.2) is 9.59 Å². The molecule has 2 N–H and O–H groups in total. The van der Waals surface area contributed by atoms with E-state index in [2.05, 4.69) is 5.32 Å². The van der Waals surface area contributed by atoms with Crippen molar-refractivity contribution in [1.29, 1.82) is 0 Å². The number of halogens is 3. The summed E-state index contributed by atoms with van der Waals surface area (Å²) in [7, 11) is 0. The molecule has 33 heavy (non-hydrogen) atoms. The van der Waals surface area contributed by atoms with Gasteiger partial charge in [-0.1, -0.05) is 60.7 Å². The normalized spacial score (nSPS) is 13.7. The second kappa shape index (κ2) is 9.19. The Morgan fingerprint density at radius 1 is 0.939 bits per heavy atom. The molecule has 1 aliphatic carbocycles. The summed E-state index contributed by atoms with van der Waals surface area (Å²) in [5.41, 5.74) is -0.182. The molecule has 0 saturated carbocycles. The van der Waals surface area contributed by atoms with Gasteiger partial charge in [0.05, 0.1) is 0 Å². The Balaban J connectivity index is 1.44. The van der Waals surface area contributed by atoms with Crippen LogP contribution in [-0.2, 0) is 9.53 Å². The first-order chi connectivity index (χ1) is 15.7. The highest BCUT2D eigenvalue weighted by molar-refractivity contribution is 8.00. The van der Waals surface area contributed by atoms with Crippen LogP contribution in [0, 0.1) is 0 Å². The molecule has 0 aromatic heterocycles. The Kier molecular flexibility index (Phi) is 6.33. The highest BCUT2D eigenvalue weighted by Crippen LogP contribution is 2.44. The van der Waals surface area contributed by atoms with E-state index in [4.69, 9.17) is 4.74 Å². The molecule has 0 heterocycles. The molecular weight excluding hydrogens is 455 g/mol. The van der Waals surface area contributed by atoms with Crippen LogP contribution < -0.4 is 5.32 Å². The number of thioether (sulfide) groups is 1. The quantitative estimate of drug-likeness (QED) is 0.432. The minimum atomic E-state index is -4.45. The average molecular weight is 473 g/mol. The number of carboxylic acid groups (broad SMARTS) is 1. The monoisotopic (exact) mass is 473 g/mol. The van der Waals surface area contributed by atoms with Crippen molar-refractivity contribution in [3.05, 3.63) is 89.5 Å². The first kappa shape index (κ1) is 22.7. The van der Waals surface area contributed by atoms with Crippen LogP contribution in [0.5, 0.6) is 0 Å². The molecule has 9 heteroatoms. The van der Waals surface area contributed by atoms with E-state index in [1.165, 1.54) is 12.1 Å². The Hall–Kier alpha value is -3.46. The van der Waals surface area contributed by atoms with Crippen LogP contribution >= 0.6 is 11.8 Å². The Labute approximate surface area is 191 Å².